The number of rotatable bonds is 3. The Balaban J connectivity index is 2.20. The molecule has 0 aliphatic carbocycles. The molecule has 0 bridgehead atoms. The molecule has 6 heteroatoms. The molecule has 0 atom stereocenters. The van der Waals surface area contributed by atoms with E-state index in [2.05, 4.69) is 30.7 Å². The van der Waals surface area contributed by atoms with Crippen LogP contribution in [0.1, 0.15) is 47.3 Å². The van der Waals surface area contributed by atoms with Crippen molar-refractivity contribution < 1.29 is 14.7 Å². The third-order valence-corrected chi connectivity index (χ3v) is 3.52. The number of hydrogen-bond donors (Lipinski definition) is 1. The Bertz CT molecular complexity index is 716. The Morgan fingerprint density at radius 3 is 1.96 bits per heavy atom. The molecule has 23 heavy (non-hydrogen) atoms. The quantitative estimate of drug-likeness (QED) is 0.942. The summed E-state index contributed by atoms with van der Waals surface area (Å²) in [7, 11) is 1.64. The molecule has 1 N–H and O–H groups in total. The maximum Gasteiger partial charge on any atom is 0.356 e. The van der Waals surface area contributed by atoms with E-state index in [4.69, 9.17) is 5.11 Å². The molecule has 0 aliphatic rings. The number of benzene rings is 1. The summed E-state index contributed by atoms with van der Waals surface area (Å²) >= 11 is 0. The summed E-state index contributed by atoms with van der Waals surface area (Å²) in [6, 6.07) is 7.71. The molecule has 1 heterocycles. The molecule has 2 rings (SSSR count). The van der Waals surface area contributed by atoms with Gasteiger partial charge in [0, 0.05) is 12.7 Å². The van der Waals surface area contributed by atoms with Crippen molar-refractivity contribution in [3.63, 3.8) is 0 Å². The summed E-state index contributed by atoms with van der Waals surface area (Å²) in [6.45, 7) is 6.36. The zero-order valence-electron chi connectivity index (χ0n) is 13.6. The van der Waals surface area contributed by atoms with E-state index in [1.807, 2.05) is 24.3 Å². The highest BCUT2D eigenvalue weighted by atomic mass is 16.4. The average molecular weight is 313 g/mol. The number of amides is 1. The van der Waals surface area contributed by atoms with Gasteiger partial charge < -0.3 is 10.0 Å². The van der Waals surface area contributed by atoms with Crippen molar-refractivity contribution in [2.75, 3.05) is 11.9 Å². The highest BCUT2D eigenvalue weighted by Crippen LogP contribution is 2.24. The number of aromatic nitrogens is 2. The number of carbonyl (C=O) groups excluding carboxylic acids is 1. The standard InChI is InChI=1S/C17H19N3O3/c1-17(2,3)11-5-7-12(8-6-11)20(4)15(21)13-9-19-14(10-18-13)16(22)23/h5-10H,1-4H3,(H,22,23). The van der Waals surface area contributed by atoms with Gasteiger partial charge in [-0.25, -0.2) is 14.8 Å². The van der Waals surface area contributed by atoms with Crippen LogP contribution < -0.4 is 4.90 Å². The van der Waals surface area contributed by atoms with Gasteiger partial charge in [0.25, 0.3) is 5.91 Å². The molecule has 1 amide bonds. The Kier molecular flexibility index (Phi) is 4.45. The number of hydrogen-bond acceptors (Lipinski definition) is 4. The van der Waals surface area contributed by atoms with Gasteiger partial charge in [-0.3, -0.25) is 4.79 Å². The maximum atomic E-state index is 12.4. The van der Waals surface area contributed by atoms with Crippen LogP contribution in [-0.4, -0.2) is 34.0 Å². The smallest absolute Gasteiger partial charge is 0.356 e. The zero-order chi connectivity index (χ0) is 17.2. The van der Waals surface area contributed by atoms with E-state index in [-0.39, 0.29) is 22.7 Å². The molecule has 120 valence electrons. The van der Waals surface area contributed by atoms with Gasteiger partial charge in [-0.2, -0.15) is 0 Å². The zero-order valence-corrected chi connectivity index (χ0v) is 13.6. The van der Waals surface area contributed by atoms with Crippen molar-refractivity contribution in [1.29, 1.82) is 0 Å². The molecule has 1 aromatic carbocycles. The first-order valence-electron chi connectivity index (χ1n) is 7.14. The van der Waals surface area contributed by atoms with Crippen LogP contribution in [0.3, 0.4) is 0 Å². The van der Waals surface area contributed by atoms with Crippen LogP contribution in [-0.2, 0) is 5.41 Å². The second kappa shape index (κ2) is 6.16. The predicted octanol–water partition coefficient (Wildman–Crippen LogP) is 2.75. The van der Waals surface area contributed by atoms with Crippen LogP contribution >= 0.6 is 0 Å². The molecule has 0 spiro atoms. The minimum absolute atomic E-state index is 0.0409. The van der Waals surface area contributed by atoms with Gasteiger partial charge in [-0.1, -0.05) is 32.9 Å². The van der Waals surface area contributed by atoms with Gasteiger partial charge in [-0.15, -0.1) is 0 Å². The highest BCUT2D eigenvalue weighted by Gasteiger charge is 2.18. The summed E-state index contributed by atoms with van der Waals surface area (Å²) < 4.78 is 0. The molecular weight excluding hydrogens is 294 g/mol. The molecule has 6 nitrogen and oxygen atoms in total. The lowest BCUT2D eigenvalue weighted by Gasteiger charge is -2.21. The van der Waals surface area contributed by atoms with Crippen molar-refractivity contribution in [1.82, 2.24) is 9.97 Å². The largest absolute Gasteiger partial charge is 0.476 e. The first kappa shape index (κ1) is 16.6. The maximum absolute atomic E-state index is 12.4. The Hall–Kier alpha value is -2.76. The van der Waals surface area contributed by atoms with E-state index in [0.29, 0.717) is 0 Å². The fourth-order valence-corrected chi connectivity index (χ4v) is 2.02. The second-order valence-electron chi connectivity index (χ2n) is 6.25. The number of aromatic carboxylic acids is 1. The summed E-state index contributed by atoms with van der Waals surface area (Å²) in [6.07, 6.45) is 2.25. The monoisotopic (exact) mass is 313 g/mol. The van der Waals surface area contributed by atoms with E-state index in [1.54, 1.807) is 7.05 Å². The minimum Gasteiger partial charge on any atom is -0.476 e. The van der Waals surface area contributed by atoms with E-state index in [1.165, 1.54) is 16.7 Å². The lowest BCUT2D eigenvalue weighted by molar-refractivity contribution is 0.0689. The lowest BCUT2D eigenvalue weighted by atomic mass is 9.87. The SMILES string of the molecule is CN(C(=O)c1cnc(C(=O)O)cn1)c1ccc(C(C)(C)C)cc1. The predicted molar refractivity (Wildman–Crippen MR) is 86.9 cm³/mol. The van der Waals surface area contributed by atoms with E-state index in [0.717, 1.165) is 11.9 Å². The van der Waals surface area contributed by atoms with Crippen LogP contribution in [0.25, 0.3) is 0 Å². The highest BCUT2D eigenvalue weighted by molar-refractivity contribution is 6.04. The van der Waals surface area contributed by atoms with Crippen molar-refractivity contribution in [2.24, 2.45) is 0 Å². The number of carbonyl (C=O) groups is 2. The molecule has 0 radical (unpaired) electrons. The lowest BCUT2D eigenvalue weighted by Crippen LogP contribution is -2.27. The summed E-state index contributed by atoms with van der Waals surface area (Å²) in [5.74, 6) is -1.53. The molecular formula is C17H19N3O3. The van der Waals surface area contributed by atoms with E-state index in [9.17, 15) is 9.59 Å². The van der Waals surface area contributed by atoms with Gasteiger partial charge in [-0.05, 0) is 23.1 Å². The molecule has 0 unspecified atom stereocenters. The number of anilines is 1. The van der Waals surface area contributed by atoms with Crippen molar-refractivity contribution in [3.8, 4) is 0 Å². The van der Waals surface area contributed by atoms with E-state index >= 15 is 0 Å². The number of nitrogens with zero attached hydrogens (tertiary/aromatic N) is 3. The number of carboxylic acid groups (broad SMARTS) is 1. The van der Waals surface area contributed by atoms with Crippen LogP contribution in [0.4, 0.5) is 5.69 Å². The normalized spacial score (nSPS) is 11.1. The molecule has 1 aromatic heterocycles. The van der Waals surface area contributed by atoms with Crippen LogP contribution in [0, 0.1) is 0 Å². The van der Waals surface area contributed by atoms with Crippen molar-refractivity contribution >= 4 is 17.6 Å². The van der Waals surface area contributed by atoms with Crippen LogP contribution in [0.5, 0.6) is 0 Å². The van der Waals surface area contributed by atoms with Crippen LogP contribution in [0.2, 0.25) is 0 Å². The Morgan fingerprint density at radius 1 is 1.00 bits per heavy atom. The fourth-order valence-electron chi connectivity index (χ4n) is 2.02. The van der Waals surface area contributed by atoms with Gasteiger partial charge in [0.2, 0.25) is 0 Å². The van der Waals surface area contributed by atoms with Gasteiger partial charge in [0.1, 0.15) is 5.69 Å². The van der Waals surface area contributed by atoms with Gasteiger partial charge >= 0.3 is 5.97 Å². The van der Waals surface area contributed by atoms with E-state index < -0.39 is 5.97 Å². The summed E-state index contributed by atoms with van der Waals surface area (Å²) in [4.78, 5) is 32.2. The van der Waals surface area contributed by atoms with Gasteiger partial charge in [0.05, 0.1) is 12.4 Å². The Morgan fingerprint density at radius 2 is 1.52 bits per heavy atom. The Labute approximate surface area is 134 Å². The van der Waals surface area contributed by atoms with Crippen LogP contribution in [0.15, 0.2) is 36.7 Å². The third-order valence-electron chi connectivity index (χ3n) is 3.52. The molecule has 0 saturated heterocycles. The summed E-state index contributed by atoms with van der Waals surface area (Å²) in [5.41, 5.74) is 1.84. The molecule has 0 fully saturated rings. The van der Waals surface area contributed by atoms with Crippen molar-refractivity contribution in [3.05, 3.63) is 53.6 Å². The third kappa shape index (κ3) is 3.71. The average Bonchev–Trinajstić information content (AvgIpc) is 2.53. The summed E-state index contributed by atoms with van der Waals surface area (Å²) in [5, 5.41) is 8.80. The number of carboxylic acids is 1. The first-order valence-corrected chi connectivity index (χ1v) is 7.14. The van der Waals surface area contributed by atoms with Gasteiger partial charge in [0.15, 0.2) is 5.69 Å². The fraction of sp³-hybridized carbons (Fsp3) is 0.294. The molecule has 2 aromatic rings. The van der Waals surface area contributed by atoms with Crippen molar-refractivity contribution in [2.45, 2.75) is 26.2 Å². The minimum atomic E-state index is -1.18. The molecule has 0 aliphatic heterocycles. The topological polar surface area (TPSA) is 83.4 Å². The second-order valence-corrected chi connectivity index (χ2v) is 6.25. The molecule has 0 saturated carbocycles. The first-order chi connectivity index (χ1) is 10.7.